The quantitative estimate of drug-likeness (QED) is 0.770. The van der Waals surface area contributed by atoms with E-state index in [2.05, 4.69) is 16.9 Å². The number of hydrogen-bond acceptors (Lipinski definition) is 3. The molecular formula is C12H19N3O. The predicted molar refractivity (Wildman–Crippen MR) is 64.4 cm³/mol. The van der Waals surface area contributed by atoms with Crippen LogP contribution in [0.15, 0.2) is 16.9 Å². The first-order valence-corrected chi connectivity index (χ1v) is 5.81. The molecule has 3 N–H and O–H groups in total. The number of pyridine rings is 1. The number of hydrogen-bond donors (Lipinski definition) is 2. The van der Waals surface area contributed by atoms with Gasteiger partial charge in [-0.2, -0.15) is 0 Å². The zero-order valence-electron chi connectivity index (χ0n) is 9.70. The van der Waals surface area contributed by atoms with Crippen LogP contribution in [0.4, 0.5) is 0 Å². The van der Waals surface area contributed by atoms with Gasteiger partial charge < -0.3 is 15.6 Å². The van der Waals surface area contributed by atoms with E-state index in [-0.39, 0.29) is 5.56 Å². The molecule has 4 nitrogen and oxygen atoms in total. The molecule has 2 rings (SSSR count). The fourth-order valence-corrected chi connectivity index (χ4v) is 2.24. The van der Waals surface area contributed by atoms with Crippen LogP contribution in [0.25, 0.3) is 0 Å². The second-order valence-corrected chi connectivity index (χ2v) is 4.55. The van der Waals surface area contributed by atoms with Crippen LogP contribution in [0, 0.1) is 0 Å². The highest BCUT2D eigenvalue weighted by Gasteiger charge is 2.19. The van der Waals surface area contributed by atoms with Gasteiger partial charge in [0.1, 0.15) is 0 Å². The number of aromatic nitrogens is 1. The van der Waals surface area contributed by atoms with E-state index in [0.717, 1.165) is 31.6 Å². The van der Waals surface area contributed by atoms with Crippen LogP contribution < -0.4 is 11.3 Å². The van der Waals surface area contributed by atoms with E-state index in [1.165, 1.54) is 0 Å². The molecule has 1 aromatic rings. The Bertz CT molecular complexity index is 405. The Morgan fingerprint density at radius 1 is 1.44 bits per heavy atom. The summed E-state index contributed by atoms with van der Waals surface area (Å²) < 4.78 is 0. The highest BCUT2D eigenvalue weighted by Crippen LogP contribution is 2.25. The van der Waals surface area contributed by atoms with Gasteiger partial charge in [0.25, 0.3) is 5.56 Å². The summed E-state index contributed by atoms with van der Waals surface area (Å²) in [7, 11) is 2.14. The zero-order chi connectivity index (χ0) is 11.5. The van der Waals surface area contributed by atoms with Gasteiger partial charge in [0.15, 0.2) is 0 Å². The monoisotopic (exact) mass is 221 g/mol. The molecule has 4 heteroatoms. The van der Waals surface area contributed by atoms with E-state index < -0.39 is 0 Å². The van der Waals surface area contributed by atoms with Gasteiger partial charge >= 0.3 is 0 Å². The average molecular weight is 221 g/mol. The zero-order valence-corrected chi connectivity index (χ0v) is 9.70. The van der Waals surface area contributed by atoms with Crippen molar-refractivity contribution < 1.29 is 0 Å². The number of aromatic amines is 1. The third kappa shape index (κ3) is 2.33. The highest BCUT2D eigenvalue weighted by molar-refractivity contribution is 5.17. The molecule has 1 aliphatic rings. The molecule has 0 aliphatic carbocycles. The van der Waals surface area contributed by atoms with Crippen LogP contribution in [-0.4, -0.2) is 30.0 Å². The van der Waals surface area contributed by atoms with Gasteiger partial charge in [-0.1, -0.05) is 6.07 Å². The summed E-state index contributed by atoms with van der Waals surface area (Å²) in [5, 5.41) is 0. The van der Waals surface area contributed by atoms with Gasteiger partial charge in [0, 0.05) is 23.7 Å². The lowest BCUT2D eigenvalue weighted by Gasteiger charge is -2.28. The lowest BCUT2D eigenvalue weighted by molar-refractivity contribution is 0.253. The Morgan fingerprint density at radius 3 is 2.69 bits per heavy atom. The number of rotatable bonds is 2. The first-order chi connectivity index (χ1) is 7.70. The summed E-state index contributed by atoms with van der Waals surface area (Å²) in [6.07, 6.45) is 2.24. The molecule has 0 saturated carbocycles. The minimum atomic E-state index is -0.0288. The minimum Gasteiger partial charge on any atom is -0.326 e. The second-order valence-electron chi connectivity index (χ2n) is 4.55. The lowest BCUT2D eigenvalue weighted by atomic mass is 9.93. The van der Waals surface area contributed by atoms with Crippen LogP contribution in [-0.2, 0) is 6.54 Å². The topological polar surface area (TPSA) is 62.1 Å². The van der Waals surface area contributed by atoms with Crippen molar-refractivity contribution in [2.45, 2.75) is 25.3 Å². The maximum Gasteiger partial charge on any atom is 0.252 e. The van der Waals surface area contributed by atoms with Crippen LogP contribution in [0.5, 0.6) is 0 Å². The fraction of sp³-hybridized carbons (Fsp3) is 0.583. The van der Waals surface area contributed by atoms with Crippen molar-refractivity contribution >= 4 is 0 Å². The molecule has 0 atom stereocenters. The summed E-state index contributed by atoms with van der Waals surface area (Å²) in [6, 6.07) is 3.87. The fourth-order valence-electron chi connectivity index (χ4n) is 2.24. The predicted octanol–water partition coefficient (Wildman–Crippen LogP) is 0.643. The Labute approximate surface area is 95.5 Å². The third-order valence-electron chi connectivity index (χ3n) is 3.39. The van der Waals surface area contributed by atoms with E-state index >= 15 is 0 Å². The highest BCUT2D eigenvalue weighted by atomic mass is 16.1. The molecule has 0 spiro atoms. The molecule has 0 bridgehead atoms. The van der Waals surface area contributed by atoms with Crippen molar-refractivity contribution in [3.63, 3.8) is 0 Å². The number of piperidine rings is 1. The van der Waals surface area contributed by atoms with Gasteiger partial charge in [-0.25, -0.2) is 0 Å². The molecule has 88 valence electrons. The summed E-state index contributed by atoms with van der Waals surface area (Å²) >= 11 is 0. The van der Waals surface area contributed by atoms with Crippen LogP contribution in [0.3, 0.4) is 0 Å². The SMILES string of the molecule is CN1CCC(c2ccc(CN)c(=O)[nH]2)CC1. The van der Waals surface area contributed by atoms with Gasteiger partial charge in [-0.05, 0) is 39.0 Å². The molecule has 0 radical (unpaired) electrons. The van der Waals surface area contributed by atoms with Crippen molar-refractivity contribution in [3.8, 4) is 0 Å². The molecule has 1 aliphatic heterocycles. The molecule has 16 heavy (non-hydrogen) atoms. The van der Waals surface area contributed by atoms with Crippen LogP contribution in [0.1, 0.15) is 30.0 Å². The van der Waals surface area contributed by atoms with Gasteiger partial charge in [-0.15, -0.1) is 0 Å². The van der Waals surface area contributed by atoms with E-state index in [1.54, 1.807) is 0 Å². The average Bonchev–Trinajstić information content (AvgIpc) is 2.30. The van der Waals surface area contributed by atoms with Gasteiger partial charge in [-0.3, -0.25) is 4.79 Å². The molecule has 0 unspecified atom stereocenters. The summed E-state index contributed by atoms with van der Waals surface area (Å²) in [5.41, 5.74) is 7.17. The van der Waals surface area contributed by atoms with E-state index in [4.69, 9.17) is 5.73 Å². The number of nitrogens with two attached hydrogens (primary N) is 1. The van der Waals surface area contributed by atoms with E-state index in [0.29, 0.717) is 18.0 Å². The standard InChI is InChI=1S/C12H19N3O/c1-15-6-4-9(5-7-15)11-3-2-10(8-13)12(16)14-11/h2-3,9H,4-8,13H2,1H3,(H,14,16). The minimum absolute atomic E-state index is 0.0288. The molecule has 1 fully saturated rings. The second kappa shape index (κ2) is 4.80. The van der Waals surface area contributed by atoms with Crippen molar-refractivity contribution in [2.24, 2.45) is 5.73 Å². The molecule has 0 aromatic carbocycles. The number of H-pyrrole nitrogens is 1. The van der Waals surface area contributed by atoms with Crippen molar-refractivity contribution in [3.05, 3.63) is 33.7 Å². The molecular weight excluding hydrogens is 202 g/mol. The Balaban J connectivity index is 2.15. The maximum atomic E-state index is 11.6. The number of nitrogens with zero attached hydrogens (tertiary/aromatic N) is 1. The lowest BCUT2D eigenvalue weighted by Crippen LogP contribution is -2.30. The Morgan fingerprint density at radius 2 is 2.12 bits per heavy atom. The maximum absolute atomic E-state index is 11.6. The van der Waals surface area contributed by atoms with E-state index in [1.807, 2.05) is 12.1 Å². The first-order valence-electron chi connectivity index (χ1n) is 5.81. The summed E-state index contributed by atoms with van der Waals surface area (Å²) in [6.45, 7) is 2.51. The third-order valence-corrected chi connectivity index (χ3v) is 3.39. The Kier molecular flexibility index (Phi) is 3.41. The largest absolute Gasteiger partial charge is 0.326 e. The Hall–Kier alpha value is -1.13. The van der Waals surface area contributed by atoms with Crippen molar-refractivity contribution in [1.82, 2.24) is 9.88 Å². The first kappa shape index (κ1) is 11.4. The number of nitrogens with one attached hydrogen (secondary N) is 1. The van der Waals surface area contributed by atoms with Crippen molar-refractivity contribution in [2.75, 3.05) is 20.1 Å². The number of likely N-dealkylation sites (tertiary alicyclic amines) is 1. The van der Waals surface area contributed by atoms with Gasteiger partial charge in [0.05, 0.1) is 0 Å². The van der Waals surface area contributed by atoms with Crippen molar-refractivity contribution in [1.29, 1.82) is 0 Å². The van der Waals surface area contributed by atoms with E-state index in [9.17, 15) is 4.79 Å². The van der Waals surface area contributed by atoms with Crippen LogP contribution in [0.2, 0.25) is 0 Å². The molecule has 2 heterocycles. The normalized spacial score (nSPS) is 18.9. The molecule has 1 aromatic heterocycles. The molecule has 1 saturated heterocycles. The smallest absolute Gasteiger partial charge is 0.252 e. The summed E-state index contributed by atoms with van der Waals surface area (Å²) in [4.78, 5) is 16.9. The molecule has 0 amide bonds. The summed E-state index contributed by atoms with van der Waals surface area (Å²) in [5.74, 6) is 0.496. The van der Waals surface area contributed by atoms with Crippen LogP contribution >= 0.6 is 0 Å². The van der Waals surface area contributed by atoms with Gasteiger partial charge in [0.2, 0.25) is 0 Å².